The Balaban J connectivity index is 3.15. The van der Waals surface area contributed by atoms with Crippen molar-refractivity contribution in [3.8, 4) is 0 Å². The number of ketones is 1. The van der Waals surface area contributed by atoms with Gasteiger partial charge in [0.25, 0.3) is 5.69 Å². The highest BCUT2D eigenvalue weighted by Gasteiger charge is 2.25. The van der Waals surface area contributed by atoms with Gasteiger partial charge >= 0.3 is 5.97 Å². The first-order valence-corrected chi connectivity index (χ1v) is 8.04. The van der Waals surface area contributed by atoms with Gasteiger partial charge < -0.3 is 10.1 Å². The van der Waals surface area contributed by atoms with E-state index in [1.807, 2.05) is 13.8 Å². The highest BCUT2D eigenvalue weighted by molar-refractivity contribution is 5.97. The van der Waals surface area contributed by atoms with Crippen LogP contribution in [0.15, 0.2) is 18.2 Å². The molecule has 0 amide bonds. The summed E-state index contributed by atoms with van der Waals surface area (Å²) >= 11 is 0. The summed E-state index contributed by atoms with van der Waals surface area (Å²) in [5.74, 6) is -0.421. The number of esters is 1. The van der Waals surface area contributed by atoms with Crippen LogP contribution in [0.5, 0.6) is 0 Å². The summed E-state index contributed by atoms with van der Waals surface area (Å²) < 4.78 is 5.03. The van der Waals surface area contributed by atoms with Crippen LogP contribution in [0, 0.1) is 16.0 Å². The number of ether oxygens (including phenoxy) is 1. The molecule has 0 aliphatic rings. The van der Waals surface area contributed by atoms with E-state index in [0.29, 0.717) is 6.42 Å². The fourth-order valence-electron chi connectivity index (χ4n) is 2.30. The highest BCUT2D eigenvalue weighted by Crippen LogP contribution is 2.28. The lowest BCUT2D eigenvalue weighted by Gasteiger charge is -2.20. The smallest absolute Gasteiger partial charge is 0.328 e. The van der Waals surface area contributed by atoms with E-state index in [1.165, 1.54) is 18.2 Å². The summed E-state index contributed by atoms with van der Waals surface area (Å²) in [6.07, 6.45) is 0.744. The SMILES string of the molecule is CCOC(=O)C(CC(C)C)Nc1ccc(C(=O)CC)cc1[N+](=O)[O-]. The largest absolute Gasteiger partial charge is 0.464 e. The Morgan fingerprint density at radius 1 is 1.29 bits per heavy atom. The summed E-state index contributed by atoms with van der Waals surface area (Å²) in [5.41, 5.74) is 0.255. The molecule has 1 aromatic carbocycles. The average molecular weight is 336 g/mol. The zero-order chi connectivity index (χ0) is 18.3. The minimum Gasteiger partial charge on any atom is -0.464 e. The molecule has 0 saturated heterocycles. The number of rotatable bonds is 9. The van der Waals surface area contributed by atoms with Crippen LogP contribution in [0.3, 0.4) is 0 Å². The van der Waals surface area contributed by atoms with Crippen molar-refractivity contribution < 1.29 is 19.2 Å². The van der Waals surface area contributed by atoms with Gasteiger partial charge in [-0.05, 0) is 31.4 Å². The van der Waals surface area contributed by atoms with E-state index in [2.05, 4.69) is 5.32 Å². The fourth-order valence-corrected chi connectivity index (χ4v) is 2.30. The number of benzene rings is 1. The molecule has 1 unspecified atom stereocenters. The topological polar surface area (TPSA) is 98.5 Å². The highest BCUT2D eigenvalue weighted by atomic mass is 16.6. The molecule has 0 bridgehead atoms. The normalized spacial score (nSPS) is 11.9. The van der Waals surface area contributed by atoms with E-state index < -0.39 is 16.9 Å². The number of carbonyl (C=O) groups excluding carboxylic acids is 2. The summed E-state index contributed by atoms with van der Waals surface area (Å²) in [7, 11) is 0. The van der Waals surface area contributed by atoms with Gasteiger partial charge in [0.05, 0.1) is 11.5 Å². The van der Waals surface area contributed by atoms with Gasteiger partial charge in [-0.2, -0.15) is 0 Å². The molecule has 0 heterocycles. The molecule has 1 rings (SSSR count). The van der Waals surface area contributed by atoms with E-state index in [-0.39, 0.29) is 41.7 Å². The van der Waals surface area contributed by atoms with Crippen molar-refractivity contribution in [3.05, 3.63) is 33.9 Å². The van der Waals surface area contributed by atoms with Crippen LogP contribution >= 0.6 is 0 Å². The number of nitrogens with one attached hydrogen (secondary N) is 1. The van der Waals surface area contributed by atoms with Gasteiger partial charge in [-0.3, -0.25) is 14.9 Å². The lowest BCUT2D eigenvalue weighted by molar-refractivity contribution is -0.384. The second-order valence-electron chi connectivity index (χ2n) is 5.84. The Morgan fingerprint density at radius 3 is 2.46 bits per heavy atom. The zero-order valence-corrected chi connectivity index (χ0v) is 14.5. The van der Waals surface area contributed by atoms with E-state index >= 15 is 0 Å². The maximum absolute atomic E-state index is 12.1. The number of anilines is 1. The first-order valence-electron chi connectivity index (χ1n) is 8.04. The molecule has 1 aromatic rings. The molecule has 1 atom stereocenters. The lowest BCUT2D eigenvalue weighted by Crippen LogP contribution is -2.33. The molecule has 0 fully saturated rings. The van der Waals surface area contributed by atoms with Crippen LogP contribution in [0.25, 0.3) is 0 Å². The summed E-state index contributed by atoms with van der Waals surface area (Å²) in [6, 6.07) is 3.55. The molecule has 0 aromatic heterocycles. The third kappa shape index (κ3) is 5.33. The van der Waals surface area contributed by atoms with E-state index in [1.54, 1.807) is 13.8 Å². The van der Waals surface area contributed by atoms with Gasteiger partial charge in [0.2, 0.25) is 0 Å². The second-order valence-corrected chi connectivity index (χ2v) is 5.84. The molecular formula is C17H24N2O5. The molecule has 7 heteroatoms. The molecular weight excluding hydrogens is 312 g/mol. The predicted molar refractivity (Wildman–Crippen MR) is 91.2 cm³/mol. The quantitative estimate of drug-likeness (QED) is 0.320. The number of nitrogens with zero attached hydrogens (tertiary/aromatic N) is 1. The van der Waals surface area contributed by atoms with Crippen molar-refractivity contribution in [1.29, 1.82) is 0 Å². The minimum absolute atomic E-state index is 0.172. The van der Waals surface area contributed by atoms with Gasteiger partial charge in [0.1, 0.15) is 11.7 Å². The van der Waals surface area contributed by atoms with Gasteiger partial charge in [-0.25, -0.2) is 4.79 Å². The van der Waals surface area contributed by atoms with Crippen LogP contribution < -0.4 is 5.32 Å². The molecule has 0 aliphatic heterocycles. The number of carbonyl (C=O) groups is 2. The van der Waals surface area contributed by atoms with Crippen molar-refractivity contribution >= 4 is 23.1 Å². The van der Waals surface area contributed by atoms with Gasteiger partial charge in [0.15, 0.2) is 5.78 Å². The average Bonchev–Trinajstić information content (AvgIpc) is 2.53. The summed E-state index contributed by atoms with van der Waals surface area (Å²) in [4.78, 5) is 34.6. The summed E-state index contributed by atoms with van der Waals surface area (Å²) in [5, 5.41) is 14.2. The van der Waals surface area contributed by atoms with Crippen molar-refractivity contribution in [2.24, 2.45) is 5.92 Å². The third-order valence-corrected chi connectivity index (χ3v) is 3.45. The standard InChI is InChI=1S/C17H24N2O5/c1-5-16(20)12-7-8-13(15(10-12)19(22)23)18-14(9-11(3)4)17(21)24-6-2/h7-8,10-11,14,18H,5-6,9H2,1-4H3. The second kappa shape index (κ2) is 9.00. The summed E-state index contributed by atoms with van der Waals surface area (Å²) in [6.45, 7) is 7.54. The van der Waals surface area contributed by atoms with Crippen LogP contribution in [-0.2, 0) is 9.53 Å². The predicted octanol–water partition coefficient (Wildman–Crippen LogP) is 3.58. The van der Waals surface area contributed by atoms with Crippen molar-refractivity contribution in [3.63, 3.8) is 0 Å². The first-order chi connectivity index (χ1) is 11.3. The molecule has 7 nitrogen and oxygen atoms in total. The number of hydrogen-bond donors (Lipinski definition) is 1. The van der Waals surface area contributed by atoms with Crippen LogP contribution in [0.4, 0.5) is 11.4 Å². The van der Waals surface area contributed by atoms with Crippen molar-refractivity contribution in [1.82, 2.24) is 0 Å². The van der Waals surface area contributed by atoms with Crippen molar-refractivity contribution in [2.45, 2.75) is 46.6 Å². The zero-order valence-electron chi connectivity index (χ0n) is 14.5. The Labute approximate surface area is 141 Å². The van der Waals surface area contributed by atoms with E-state index in [0.717, 1.165) is 0 Å². The van der Waals surface area contributed by atoms with E-state index in [4.69, 9.17) is 4.74 Å². The molecule has 1 N–H and O–H groups in total. The molecule has 0 saturated carbocycles. The molecule has 24 heavy (non-hydrogen) atoms. The monoisotopic (exact) mass is 336 g/mol. The Morgan fingerprint density at radius 2 is 1.96 bits per heavy atom. The third-order valence-electron chi connectivity index (χ3n) is 3.45. The van der Waals surface area contributed by atoms with Gasteiger partial charge in [-0.1, -0.05) is 20.8 Å². The fraction of sp³-hybridized carbons (Fsp3) is 0.529. The molecule has 132 valence electrons. The minimum atomic E-state index is -0.684. The molecule has 0 spiro atoms. The number of Topliss-reactive ketones (excluding diaryl/α,β-unsaturated/α-hetero) is 1. The van der Waals surface area contributed by atoms with Gasteiger partial charge in [-0.15, -0.1) is 0 Å². The Bertz CT molecular complexity index is 613. The van der Waals surface area contributed by atoms with Crippen LogP contribution in [-0.4, -0.2) is 29.3 Å². The Kier molecular flexibility index (Phi) is 7.35. The number of nitro groups is 1. The molecule has 0 aliphatic carbocycles. The molecule has 0 radical (unpaired) electrons. The Hall–Kier alpha value is -2.44. The first kappa shape index (κ1) is 19.6. The van der Waals surface area contributed by atoms with Crippen LogP contribution in [0.2, 0.25) is 0 Å². The van der Waals surface area contributed by atoms with Gasteiger partial charge in [0, 0.05) is 18.1 Å². The number of hydrogen-bond acceptors (Lipinski definition) is 6. The maximum atomic E-state index is 12.1. The maximum Gasteiger partial charge on any atom is 0.328 e. The lowest BCUT2D eigenvalue weighted by atomic mass is 10.0. The van der Waals surface area contributed by atoms with E-state index in [9.17, 15) is 19.7 Å². The van der Waals surface area contributed by atoms with Crippen molar-refractivity contribution in [2.75, 3.05) is 11.9 Å². The van der Waals surface area contributed by atoms with Crippen LogP contribution in [0.1, 0.15) is 50.9 Å². The number of nitro benzene ring substituents is 1.